The predicted molar refractivity (Wildman–Crippen MR) is 83.3 cm³/mol. The number of hydrogen-bond donors (Lipinski definition) is 3. The summed E-state index contributed by atoms with van der Waals surface area (Å²) in [7, 11) is 0. The fourth-order valence-corrected chi connectivity index (χ4v) is 2.01. The second-order valence-corrected chi connectivity index (χ2v) is 4.69. The molecule has 104 valence electrons. The summed E-state index contributed by atoms with van der Waals surface area (Å²) in [5, 5.41) is 5.10. The second-order valence-electron chi connectivity index (χ2n) is 4.25. The fraction of sp³-hybridized carbons (Fsp3) is 0.154. The Kier molecular flexibility index (Phi) is 4.31. The van der Waals surface area contributed by atoms with E-state index in [0.717, 1.165) is 16.5 Å². The lowest BCUT2D eigenvalue weighted by atomic mass is 10.2. The summed E-state index contributed by atoms with van der Waals surface area (Å²) in [5.74, 6) is -0.326. The van der Waals surface area contributed by atoms with Gasteiger partial charge in [-0.25, -0.2) is 0 Å². The zero-order chi connectivity index (χ0) is 14.5. The van der Waals surface area contributed by atoms with E-state index in [1.807, 2.05) is 35.0 Å². The minimum atomic E-state index is -0.326. The lowest BCUT2D eigenvalue weighted by Crippen LogP contribution is -2.23. The summed E-state index contributed by atoms with van der Waals surface area (Å²) in [6.45, 7) is 0.534. The van der Waals surface area contributed by atoms with Crippen molar-refractivity contribution in [2.45, 2.75) is 13.0 Å². The number of thiocarbonyl (C=S) groups is 1. The molecular formula is C13H15N5OS. The Morgan fingerprint density at radius 1 is 1.40 bits per heavy atom. The van der Waals surface area contributed by atoms with Crippen molar-refractivity contribution < 1.29 is 4.79 Å². The van der Waals surface area contributed by atoms with Gasteiger partial charge in [-0.2, -0.15) is 5.10 Å². The van der Waals surface area contributed by atoms with E-state index in [4.69, 9.17) is 11.5 Å². The standard InChI is InChI=1S/C13H15N5OS/c14-12(19)5-6-18-8-9(7-16-17-13(15)20)10-3-1-2-4-11(10)18/h1-4,7-8H,5-6H2,(H2,14,19)(H3,15,17,20). The van der Waals surface area contributed by atoms with Crippen LogP contribution in [0.5, 0.6) is 0 Å². The maximum atomic E-state index is 10.9. The molecule has 7 heteroatoms. The highest BCUT2D eigenvalue weighted by Gasteiger charge is 2.07. The van der Waals surface area contributed by atoms with Crippen LogP contribution in [-0.4, -0.2) is 21.8 Å². The number of carbonyl (C=O) groups excluding carboxylic acids is 1. The second kappa shape index (κ2) is 6.16. The number of nitrogens with two attached hydrogens (primary N) is 2. The molecule has 1 aromatic carbocycles. The van der Waals surface area contributed by atoms with Crippen LogP contribution in [0.3, 0.4) is 0 Å². The molecule has 0 saturated heterocycles. The molecule has 0 aliphatic heterocycles. The number of nitrogens with one attached hydrogen (secondary N) is 1. The van der Waals surface area contributed by atoms with Crippen LogP contribution in [0.25, 0.3) is 10.9 Å². The monoisotopic (exact) mass is 289 g/mol. The van der Waals surface area contributed by atoms with Gasteiger partial charge in [0.2, 0.25) is 5.91 Å². The van der Waals surface area contributed by atoms with E-state index < -0.39 is 0 Å². The largest absolute Gasteiger partial charge is 0.375 e. The molecule has 6 nitrogen and oxygen atoms in total. The third-order valence-corrected chi connectivity index (χ3v) is 2.89. The quantitative estimate of drug-likeness (QED) is 0.428. The smallest absolute Gasteiger partial charge is 0.219 e. The maximum absolute atomic E-state index is 10.9. The third-order valence-electron chi connectivity index (χ3n) is 2.80. The molecule has 20 heavy (non-hydrogen) atoms. The highest BCUT2D eigenvalue weighted by Crippen LogP contribution is 2.20. The number of hydrazone groups is 1. The van der Waals surface area contributed by atoms with Crippen molar-refractivity contribution in [2.24, 2.45) is 16.6 Å². The van der Waals surface area contributed by atoms with E-state index in [0.29, 0.717) is 13.0 Å². The Hall–Kier alpha value is -2.41. The highest BCUT2D eigenvalue weighted by atomic mass is 32.1. The molecule has 1 amide bonds. The first-order valence-electron chi connectivity index (χ1n) is 6.02. The van der Waals surface area contributed by atoms with Crippen LogP contribution in [0.2, 0.25) is 0 Å². The van der Waals surface area contributed by atoms with Crippen LogP contribution in [-0.2, 0) is 11.3 Å². The highest BCUT2D eigenvalue weighted by molar-refractivity contribution is 7.80. The first-order valence-corrected chi connectivity index (χ1v) is 6.43. The minimum absolute atomic E-state index is 0.110. The molecule has 2 rings (SSSR count). The molecule has 0 bridgehead atoms. The number of benzene rings is 1. The van der Waals surface area contributed by atoms with Crippen molar-refractivity contribution in [2.75, 3.05) is 0 Å². The lowest BCUT2D eigenvalue weighted by molar-refractivity contribution is -0.118. The molecule has 0 fully saturated rings. The maximum Gasteiger partial charge on any atom is 0.219 e. The average molecular weight is 289 g/mol. The van der Waals surface area contributed by atoms with Crippen LogP contribution in [0.4, 0.5) is 0 Å². The zero-order valence-corrected chi connectivity index (χ0v) is 11.6. The summed E-state index contributed by atoms with van der Waals surface area (Å²) >= 11 is 4.68. The molecule has 0 atom stereocenters. The number of aryl methyl sites for hydroxylation is 1. The van der Waals surface area contributed by atoms with Gasteiger partial charge < -0.3 is 16.0 Å². The average Bonchev–Trinajstić information content (AvgIpc) is 2.75. The van der Waals surface area contributed by atoms with Gasteiger partial charge in [0.15, 0.2) is 5.11 Å². The van der Waals surface area contributed by atoms with Crippen molar-refractivity contribution in [3.63, 3.8) is 0 Å². The normalized spacial score (nSPS) is 11.0. The van der Waals surface area contributed by atoms with Gasteiger partial charge in [0.1, 0.15) is 0 Å². The van der Waals surface area contributed by atoms with Gasteiger partial charge in [-0.05, 0) is 18.3 Å². The Labute approximate surface area is 121 Å². The van der Waals surface area contributed by atoms with Gasteiger partial charge in [0.05, 0.1) is 6.21 Å². The van der Waals surface area contributed by atoms with E-state index in [1.165, 1.54) is 0 Å². The topological polar surface area (TPSA) is 98.4 Å². The molecule has 5 N–H and O–H groups in total. The number of amides is 1. The molecule has 0 saturated carbocycles. The molecule has 0 aliphatic carbocycles. The summed E-state index contributed by atoms with van der Waals surface area (Å²) in [6, 6.07) is 7.85. The number of nitrogens with zero attached hydrogens (tertiary/aromatic N) is 2. The first kappa shape index (κ1) is 14.0. The fourth-order valence-electron chi connectivity index (χ4n) is 1.96. The molecule has 0 unspecified atom stereocenters. The van der Waals surface area contributed by atoms with E-state index in [1.54, 1.807) is 6.21 Å². The SMILES string of the molecule is NC(=O)CCn1cc(C=NNC(N)=S)c2ccccc21. The molecule has 2 aromatic rings. The van der Waals surface area contributed by atoms with Crippen molar-refractivity contribution >= 4 is 40.4 Å². The number of primary amides is 1. The van der Waals surface area contributed by atoms with E-state index in [2.05, 4.69) is 22.7 Å². The van der Waals surface area contributed by atoms with Gasteiger partial charge >= 0.3 is 0 Å². The van der Waals surface area contributed by atoms with E-state index >= 15 is 0 Å². The van der Waals surface area contributed by atoms with Gasteiger partial charge in [0.25, 0.3) is 0 Å². The van der Waals surface area contributed by atoms with Gasteiger partial charge in [-0.15, -0.1) is 0 Å². The minimum Gasteiger partial charge on any atom is -0.375 e. The Morgan fingerprint density at radius 3 is 2.85 bits per heavy atom. The molecule has 1 aromatic heterocycles. The number of hydrogen-bond acceptors (Lipinski definition) is 3. The Morgan fingerprint density at radius 2 is 2.15 bits per heavy atom. The summed E-state index contributed by atoms with van der Waals surface area (Å²) < 4.78 is 1.97. The van der Waals surface area contributed by atoms with Gasteiger partial charge in [-0.1, -0.05) is 18.2 Å². The molecule has 0 spiro atoms. The first-order chi connectivity index (χ1) is 9.58. The van der Waals surface area contributed by atoms with Crippen LogP contribution in [0, 0.1) is 0 Å². The van der Waals surface area contributed by atoms with Crippen molar-refractivity contribution in [3.8, 4) is 0 Å². The van der Waals surface area contributed by atoms with E-state index in [-0.39, 0.29) is 11.0 Å². The predicted octanol–water partition coefficient (Wildman–Crippen LogP) is 0.684. The third kappa shape index (κ3) is 3.33. The molecular weight excluding hydrogens is 274 g/mol. The summed E-state index contributed by atoms with van der Waals surface area (Å²) in [5.41, 5.74) is 14.9. The van der Waals surface area contributed by atoms with Gasteiger partial charge in [0, 0.05) is 35.6 Å². The summed E-state index contributed by atoms with van der Waals surface area (Å²) in [6.07, 6.45) is 3.85. The lowest BCUT2D eigenvalue weighted by Gasteiger charge is -2.02. The van der Waals surface area contributed by atoms with Crippen LogP contribution in [0.15, 0.2) is 35.6 Å². The molecule has 0 aliphatic rings. The summed E-state index contributed by atoms with van der Waals surface area (Å²) in [4.78, 5) is 10.9. The van der Waals surface area contributed by atoms with Crippen molar-refractivity contribution in [1.82, 2.24) is 9.99 Å². The van der Waals surface area contributed by atoms with Crippen molar-refractivity contribution in [1.29, 1.82) is 0 Å². The Balaban J connectivity index is 2.32. The van der Waals surface area contributed by atoms with Crippen LogP contribution in [0.1, 0.15) is 12.0 Å². The van der Waals surface area contributed by atoms with Crippen molar-refractivity contribution in [3.05, 3.63) is 36.0 Å². The van der Waals surface area contributed by atoms with Crippen LogP contribution >= 0.6 is 12.2 Å². The number of carbonyl (C=O) groups is 1. The molecule has 1 heterocycles. The number of rotatable bonds is 5. The van der Waals surface area contributed by atoms with Gasteiger partial charge in [-0.3, -0.25) is 10.2 Å². The number of para-hydroxylation sites is 1. The zero-order valence-electron chi connectivity index (χ0n) is 10.7. The van der Waals surface area contributed by atoms with Crippen LogP contribution < -0.4 is 16.9 Å². The number of fused-ring (bicyclic) bond motifs is 1. The Bertz CT molecular complexity index is 676. The number of aromatic nitrogens is 1. The molecule has 0 radical (unpaired) electrons. The van der Waals surface area contributed by atoms with E-state index in [9.17, 15) is 4.79 Å².